The number of amides is 2. The molecule has 0 aliphatic carbocycles. The molecule has 6 heteroatoms. The molecule has 0 spiro atoms. The predicted octanol–water partition coefficient (Wildman–Crippen LogP) is 2.50. The van der Waals surface area contributed by atoms with Crippen molar-refractivity contribution < 1.29 is 9.59 Å². The summed E-state index contributed by atoms with van der Waals surface area (Å²) in [6, 6.07) is 14.4. The molecule has 0 radical (unpaired) electrons. The van der Waals surface area contributed by atoms with Crippen molar-refractivity contribution in [1.82, 2.24) is 10.9 Å². The molecule has 0 aliphatic rings. The second-order valence-corrected chi connectivity index (χ2v) is 5.40. The lowest BCUT2D eigenvalue weighted by Crippen LogP contribution is -2.45. The second kappa shape index (κ2) is 7.51. The first-order valence-electron chi connectivity index (χ1n) is 7.02. The number of aryl methyl sites for hydroxylation is 2. The Bertz CT molecular complexity index is 725. The molecular formula is C17H17N3O2S. The highest BCUT2D eigenvalue weighted by Crippen LogP contribution is 2.19. The average Bonchev–Trinajstić information content (AvgIpc) is 2.56. The van der Waals surface area contributed by atoms with E-state index in [0.717, 1.165) is 16.8 Å². The summed E-state index contributed by atoms with van der Waals surface area (Å²) >= 11 is 4.99. The van der Waals surface area contributed by atoms with E-state index in [1.54, 1.807) is 24.3 Å². The Kier molecular flexibility index (Phi) is 5.43. The van der Waals surface area contributed by atoms with Crippen LogP contribution >= 0.6 is 12.2 Å². The van der Waals surface area contributed by atoms with Crippen molar-refractivity contribution in [2.75, 3.05) is 5.32 Å². The molecular weight excluding hydrogens is 310 g/mol. The lowest BCUT2D eigenvalue weighted by atomic mass is 10.1. The quantitative estimate of drug-likeness (QED) is 0.585. The van der Waals surface area contributed by atoms with Gasteiger partial charge in [0.1, 0.15) is 0 Å². The van der Waals surface area contributed by atoms with E-state index in [4.69, 9.17) is 12.2 Å². The van der Waals surface area contributed by atoms with E-state index in [-0.39, 0.29) is 10.9 Å². The van der Waals surface area contributed by atoms with Gasteiger partial charge in [0.05, 0.1) is 0 Å². The lowest BCUT2D eigenvalue weighted by molar-refractivity contribution is -0.110. The van der Waals surface area contributed by atoms with E-state index in [2.05, 4.69) is 16.2 Å². The van der Waals surface area contributed by atoms with Gasteiger partial charge in [0.2, 0.25) is 0 Å². The third kappa shape index (κ3) is 4.37. The molecule has 118 valence electrons. The van der Waals surface area contributed by atoms with Gasteiger partial charge in [-0.2, -0.15) is 0 Å². The Hall–Kier alpha value is -2.73. The normalized spacial score (nSPS) is 9.83. The van der Waals surface area contributed by atoms with Crippen LogP contribution in [-0.4, -0.2) is 16.8 Å². The summed E-state index contributed by atoms with van der Waals surface area (Å²) in [5, 5.41) is 2.75. The molecule has 0 saturated heterocycles. The van der Waals surface area contributed by atoms with Crippen molar-refractivity contribution in [3.63, 3.8) is 0 Å². The molecule has 2 amide bonds. The van der Waals surface area contributed by atoms with E-state index in [0.29, 0.717) is 5.56 Å². The maximum Gasteiger partial charge on any atom is 0.284 e. The van der Waals surface area contributed by atoms with Crippen LogP contribution in [0.25, 0.3) is 0 Å². The zero-order valence-corrected chi connectivity index (χ0v) is 13.7. The van der Waals surface area contributed by atoms with Crippen LogP contribution in [-0.2, 0) is 4.79 Å². The minimum atomic E-state index is -0.481. The van der Waals surface area contributed by atoms with E-state index in [9.17, 15) is 9.59 Å². The number of carbonyl (C=O) groups excluding carboxylic acids is 2. The number of rotatable bonds is 2. The van der Waals surface area contributed by atoms with Gasteiger partial charge in [0.15, 0.2) is 4.99 Å². The predicted molar refractivity (Wildman–Crippen MR) is 94.2 cm³/mol. The van der Waals surface area contributed by atoms with Crippen molar-refractivity contribution >= 4 is 34.7 Å². The fourth-order valence-corrected chi connectivity index (χ4v) is 2.12. The Morgan fingerprint density at radius 1 is 0.870 bits per heavy atom. The number of thiocarbonyl (C=S) groups is 1. The smallest absolute Gasteiger partial charge is 0.284 e. The fraction of sp³-hybridized carbons (Fsp3) is 0.118. The third-order valence-corrected chi connectivity index (χ3v) is 3.54. The monoisotopic (exact) mass is 327 g/mol. The molecule has 23 heavy (non-hydrogen) atoms. The van der Waals surface area contributed by atoms with E-state index < -0.39 is 5.91 Å². The first-order chi connectivity index (χ1) is 11.0. The van der Waals surface area contributed by atoms with E-state index in [1.807, 2.05) is 38.1 Å². The molecule has 0 saturated carbocycles. The van der Waals surface area contributed by atoms with Crippen molar-refractivity contribution in [2.24, 2.45) is 0 Å². The summed E-state index contributed by atoms with van der Waals surface area (Å²) in [4.78, 5) is 23.9. The molecule has 2 rings (SSSR count). The topological polar surface area (TPSA) is 70.2 Å². The fourth-order valence-electron chi connectivity index (χ4n) is 2.01. The van der Waals surface area contributed by atoms with Gasteiger partial charge in [-0.1, -0.05) is 48.6 Å². The Balaban J connectivity index is 1.93. The summed E-state index contributed by atoms with van der Waals surface area (Å²) < 4.78 is 0. The van der Waals surface area contributed by atoms with Crippen LogP contribution < -0.4 is 16.2 Å². The standard InChI is InChI=1S/C17H17N3O2S/c1-11-7-6-8-12(2)14(11)18-16(22)17(23)20-19-15(21)13-9-4-3-5-10-13/h3-10H,1-2H3,(H,18,22)(H,19,21)(H,20,23). The molecule has 0 unspecified atom stereocenters. The number of para-hydroxylation sites is 1. The summed E-state index contributed by atoms with van der Waals surface area (Å²) in [6.07, 6.45) is 0. The van der Waals surface area contributed by atoms with Gasteiger partial charge in [-0.3, -0.25) is 20.4 Å². The molecule has 0 heterocycles. The van der Waals surface area contributed by atoms with Crippen LogP contribution in [0.2, 0.25) is 0 Å². The van der Waals surface area contributed by atoms with Crippen LogP contribution in [0.4, 0.5) is 5.69 Å². The third-order valence-electron chi connectivity index (χ3n) is 3.25. The molecule has 5 nitrogen and oxygen atoms in total. The number of carbonyl (C=O) groups is 2. The van der Waals surface area contributed by atoms with Gasteiger partial charge in [-0.15, -0.1) is 0 Å². The molecule has 0 aromatic heterocycles. The van der Waals surface area contributed by atoms with Gasteiger partial charge >= 0.3 is 0 Å². The molecule has 0 fully saturated rings. The Labute approximate surface area is 140 Å². The SMILES string of the molecule is Cc1cccc(C)c1NC(=O)C(=S)NNC(=O)c1ccccc1. The highest BCUT2D eigenvalue weighted by atomic mass is 32.1. The number of hydrogen-bond donors (Lipinski definition) is 3. The van der Waals surface area contributed by atoms with E-state index >= 15 is 0 Å². The zero-order chi connectivity index (χ0) is 16.8. The van der Waals surface area contributed by atoms with Gasteiger partial charge in [-0.05, 0) is 37.1 Å². The summed E-state index contributed by atoms with van der Waals surface area (Å²) in [6.45, 7) is 3.80. The highest BCUT2D eigenvalue weighted by molar-refractivity contribution is 7.82. The molecule has 0 bridgehead atoms. The Morgan fingerprint density at radius 3 is 2.09 bits per heavy atom. The van der Waals surface area contributed by atoms with Crippen molar-refractivity contribution in [2.45, 2.75) is 13.8 Å². The van der Waals surface area contributed by atoms with E-state index in [1.165, 1.54) is 0 Å². The van der Waals surface area contributed by atoms with Crippen LogP contribution in [0, 0.1) is 13.8 Å². The van der Waals surface area contributed by atoms with Crippen LogP contribution in [0.15, 0.2) is 48.5 Å². The zero-order valence-electron chi connectivity index (χ0n) is 12.8. The summed E-state index contributed by atoms with van der Waals surface area (Å²) in [5.41, 5.74) is 7.93. The second-order valence-electron chi connectivity index (χ2n) is 5.00. The van der Waals surface area contributed by atoms with Crippen LogP contribution in [0.3, 0.4) is 0 Å². The van der Waals surface area contributed by atoms with Crippen molar-refractivity contribution in [3.8, 4) is 0 Å². The number of anilines is 1. The largest absolute Gasteiger partial charge is 0.319 e. The minimum absolute atomic E-state index is 0.114. The van der Waals surface area contributed by atoms with Gasteiger partial charge in [-0.25, -0.2) is 0 Å². The van der Waals surface area contributed by atoms with Gasteiger partial charge in [0.25, 0.3) is 11.8 Å². The van der Waals surface area contributed by atoms with Crippen LogP contribution in [0.1, 0.15) is 21.5 Å². The average molecular weight is 327 g/mol. The molecule has 2 aromatic carbocycles. The lowest BCUT2D eigenvalue weighted by Gasteiger charge is -2.13. The number of benzene rings is 2. The number of nitrogens with one attached hydrogen (secondary N) is 3. The summed E-state index contributed by atoms with van der Waals surface area (Å²) in [7, 11) is 0. The van der Waals surface area contributed by atoms with Crippen molar-refractivity contribution in [3.05, 3.63) is 65.2 Å². The first-order valence-corrected chi connectivity index (χ1v) is 7.43. The molecule has 0 atom stereocenters. The maximum atomic E-state index is 12.1. The molecule has 3 N–H and O–H groups in total. The highest BCUT2D eigenvalue weighted by Gasteiger charge is 2.13. The van der Waals surface area contributed by atoms with Gasteiger partial charge < -0.3 is 5.32 Å². The van der Waals surface area contributed by atoms with Crippen LogP contribution in [0.5, 0.6) is 0 Å². The number of hydrogen-bond acceptors (Lipinski definition) is 3. The Morgan fingerprint density at radius 2 is 1.48 bits per heavy atom. The molecule has 0 aliphatic heterocycles. The summed E-state index contributed by atoms with van der Waals surface area (Å²) in [5.74, 6) is -0.849. The van der Waals surface area contributed by atoms with Gasteiger partial charge in [0, 0.05) is 11.3 Å². The molecule has 2 aromatic rings. The first kappa shape index (κ1) is 16.6. The minimum Gasteiger partial charge on any atom is -0.319 e. The maximum absolute atomic E-state index is 12.1. The van der Waals surface area contributed by atoms with Crippen molar-refractivity contribution in [1.29, 1.82) is 0 Å². The number of hydrazine groups is 1.